The first kappa shape index (κ1) is 12.4. The zero-order valence-electron chi connectivity index (χ0n) is 9.78. The number of benzene rings is 1. The number of aliphatic hydroxyl groups is 1. The van der Waals surface area contributed by atoms with Crippen LogP contribution in [-0.4, -0.2) is 32.0 Å². The van der Waals surface area contributed by atoms with E-state index in [1.54, 1.807) is 33.3 Å². The molecule has 0 amide bonds. The summed E-state index contributed by atoms with van der Waals surface area (Å²) < 4.78 is 10.3. The molecule has 0 aromatic heterocycles. The number of anilines is 2. The highest BCUT2D eigenvalue weighted by Crippen LogP contribution is 2.34. The van der Waals surface area contributed by atoms with E-state index in [0.29, 0.717) is 23.7 Å². The topological polar surface area (TPSA) is 76.7 Å². The number of rotatable bonds is 5. The average molecular weight is 226 g/mol. The maximum absolute atomic E-state index is 9.17. The van der Waals surface area contributed by atoms with Crippen molar-refractivity contribution in [2.75, 3.05) is 31.8 Å². The molecule has 1 aromatic rings. The third kappa shape index (κ3) is 2.93. The van der Waals surface area contributed by atoms with Gasteiger partial charge in [0, 0.05) is 18.7 Å². The van der Waals surface area contributed by atoms with Crippen molar-refractivity contribution in [2.45, 2.75) is 13.0 Å². The highest BCUT2D eigenvalue weighted by Gasteiger charge is 2.09. The fraction of sp³-hybridized carbons (Fsp3) is 0.455. The van der Waals surface area contributed by atoms with Gasteiger partial charge in [0.1, 0.15) is 0 Å². The van der Waals surface area contributed by atoms with Crippen LogP contribution in [-0.2, 0) is 0 Å². The van der Waals surface area contributed by atoms with Gasteiger partial charge in [0.15, 0.2) is 11.5 Å². The smallest absolute Gasteiger partial charge is 0.162 e. The molecule has 0 aliphatic rings. The van der Waals surface area contributed by atoms with Crippen molar-refractivity contribution in [2.24, 2.45) is 0 Å². The fourth-order valence-electron chi connectivity index (χ4n) is 1.31. The van der Waals surface area contributed by atoms with Crippen molar-refractivity contribution < 1.29 is 14.6 Å². The maximum atomic E-state index is 9.17. The molecule has 1 atom stereocenters. The summed E-state index contributed by atoms with van der Waals surface area (Å²) in [5, 5.41) is 12.2. The van der Waals surface area contributed by atoms with E-state index >= 15 is 0 Å². The Morgan fingerprint density at radius 1 is 1.31 bits per heavy atom. The number of methoxy groups -OCH3 is 2. The lowest BCUT2D eigenvalue weighted by Gasteiger charge is -2.14. The molecular weight excluding hydrogens is 208 g/mol. The van der Waals surface area contributed by atoms with Crippen molar-refractivity contribution >= 4 is 11.4 Å². The Morgan fingerprint density at radius 2 is 1.88 bits per heavy atom. The van der Waals surface area contributed by atoms with Crippen LogP contribution in [0.5, 0.6) is 11.5 Å². The zero-order chi connectivity index (χ0) is 12.1. The molecule has 4 N–H and O–H groups in total. The van der Waals surface area contributed by atoms with Gasteiger partial charge in [-0.1, -0.05) is 0 Å². The largest absolute Gasteiger partial charge is 0.493 e. The number of hydrogen-bond donors (Lipinski definition) is 3. The van der Waals surface area contributed by atoms with Gasteiger partial charge in [-0.05, 0) is 6.92 Å². The molecular formula is C11H18N2O3. The second kappa shape index (κ2) is 5.46. The first-order valence-electron chi connectivity index (χ1n) is 5.02. The standard InChI is InChI=1S/C11H18N2O3/c1-7(14)6-13-9-5-11(16-3)10(15-2)4-8(9)12/h4-5,7,13-14H,6,12H2,1-3H3. The Kier molecular flexibility index (Phi) is 4.25. The lowest BCUT2D eigenvalue weighted by atomic mass is 10.2. The van der Waals surface area contributed by atoms with Crippen molar-refractivity contribution in [1.82, 2.24) is 0 Å². The molecule has 0 saturated heterocycles. The maximum Gasteiger partial charge on any atom is 0.162 e. The molecule has 0 aliphatic carbocycles. The lowest BCUT2D eigenvalue weighted by Crippen LogP contribution is -2.16. The highest BCUT2D eigenvalue weighted by atomic mass is 16.5. The van der Waals surface area contributed by atoms with Crippen LogP contribution >= 0.6 is 0 Å². The van der Waals surface area contributed by atoms with Crippen LogP contribution in [0.1, 0.15) is 6.92 Å². The summed E-state index contributed by atoms with van der Waals surface area (Å²) >= 11 is 0. The van der Waals surface area contributed by atoms with Gasteiger partial charge >= 0.3 is 0 Å². The van der Waals surface area contributed by atoms with Gasteiger partial charge in [0.05, 0.1) is 31.7 Å². The SMILES string of the molecule is COc1cc(N)c(NCC(C)O)cc1OC. The normalized spacial score (nSPS) is 12.0. The summed E-state index contributed by atoms with van der Waals surface area (Å²) in [6.07, 6.45) is -0.438. The van der Waals surface area contributed by atoms with Crippen LogP contribution in [0.15, 0.2) is 12.1 Å². The molecule has 1 rings (SSSR count). The lowest BCUT2D eigenvalue weighted by molar-refractivity contribution is 0.208. The summed E-state index contributed by atoms with van der Waals surface area (Å²) in [5.41, 5.74) is 7.10. The number of nitrogens with two attached hydrogens (primary N) is 1. The third-order valence-corrected chi connectivity index (χ3v) is 2.14. The zero-order valence-corrected chi connectivity index (χ0v) is 9.78. The molecule has 5 heteroatoms. The second-order valence-corrected chi connectivity index (χ2v) is 3.52. The van der Waals surface area contributed by atoms with Crippen molar-refractivity contribution in [3.8, 4) is 11.5 Å². The Hall–Kier alpha value is -1.62. The highest BCUT2D eigenvalue weighted by molar-refractivity contribution is 5.72. The minimum atomic E-state index is -0.438. The van der Waals surface area contributed by atoms with E-state index in [4.69, 9.17) is 15.2 Å². The number of hydrogen-bond acceptors (Lipinski definition) is 5. The first-order valence-corrected chi connectivity index (χ1v) is 5.02. The monoisotopic (exact) mass is 226 g/mol. The van der Waals surface area contributed by atoms with Crippen LogP contribution < -0.4 is 20.5 Å². The van der Waals surface area contributed by atoms with Crippen LogP contribution in [0.3, 0.4) is 0 Å². The van der Waals surface area contributed by atoms with E-state index in [-0.39, 0.29) is 0 Å². The van der Waals surface area contributed by atoms with Gasteiger partial charge in [0.2, 0.25) is 0 Å². The van der Waals surface area contributed by atoms with Gasteiger partial charge in [-0.2, -0.15) is 0 Å². The average Bonchev–Trinajstić information content (AvgIpc) is 2.26. The molecule has 0 heterocycles. The van der Waals surface area contributed by atoms with Crippen molar-refractivity contribution in [1.29, 1.82) is 0 Å². The minimum absolute atomic E-state index is 0.430. The van der Waals surface area contributed by atoms with Crippen LogP contribution in [0.4, 0.5) is 11.4 Å². The molecule has 5 nitrogen and oxygen atoms in total. The van der Waals surface area contributed by atoms with Gasteiger partial charge in [-0.25, -0.2) is 0 Å². The Labute approximate surface area is 95.2 Å². The van der Waals surface area contributed by atoms with Gasteiger partial charge < -0.3 is 25.6 Å². The van der Waals surface area contributed by atoms with E-state index in [1.165, 1.54) is 0 Å². The molecule has 0 radical (unpaired) electrons. The molecule has 1 aromatic carbocycles. The predicted molar refractivity (Wildman–Crippen MR) is 64.1 cm³/mol. The molecule has 0 fully saturated rings. The fourth-order valence-corrected chi connectivity index (χ4v) is 1.31. The number of aliphatic hydroxyl groups excluding tert-OH is 1. The van der Waals surface area contributed by atoms with Crippen LogP contribution in [0.25, 0.3) is 0 Å². The van der Waals surface area contributed by atoms with E-state index < -0.39 is 6.10 Å². The number of nitrogens with one attached hydrogen (secondary N) is 1. The molecule has 1 unspecified atom stereocenters. The van der Waals surface area contributed by atoms with E-state index in [0.717, 1.165) is 5.69 Å². The van der Waals surface area contributed by atoms with Crippen molar-refractivity contribution in [3.05, 3.63) is 12.1 Å². The Morgan fingerprint density at radius 3 is 2.38 bits per heavy atom. The molecule has 0 bridgehead atoms. The van der Waals surface area contributed by atoms with Gasteiger partial charge in [-0.15, -0.1) is 0 Å². The summed E-state index contributed by atoms with van der Waals surface area (Å²) in [6, 6.07) is 3.43. The van der Waals surface area contributed by atoms with Crippen LogP contribution in [0, 0.1) is 0 Å². The van der Waals surface area contributed by atoms with Gasteiger partial charge in [0.25, 0.3) is 0 Å². The van der Waals surface area contributed by atoms with Gasteiger partial charge in [-0.3, -0.25) is 0 Å². The summed E-state index contributed by atoms with van der Waals surface area (Å²) in [6.45, 7) is 2.13. The Bertz CT molecular complexity index is 353. The van der Waals surface area contributed by atoms with E-state index in [2.05, 4.69) is 5.32 Å². The quantitative estimate of drug-likeness (QED) is 0.655. The van der Waals surface area contributed by atoms with E-state index in [9.17, 15) is 5.11 Å². The summed E-state index contributed by atoms with van der Waals surface area (Å²) in [5.74, 6) is 1.19. The van der Waals surface area contributed by atoms with Crippen LogP contribution in [0.2, 0.25) is 0 Å². The predicted octanol–water partition coefficient (Wildman–Crippen LogP) is 1.08. The summed E-state index contributed by atoms with van der Waals surface area (Å²) in [7, 11) is 3.12. The molecule has 0 aliphatic heterocycles. The molecule has 0 spiro atoms. The summed E-state index contributed by atoms with van der Waals surface area (Å²) in [4.78, 5) is 0. The molecule has 16 heavy (non-hydrogen) atoms. The minimum Gasteiger partial charge on any atom is -0.493 e. The number of ether oxygens (including phenoxy) is 2. The van der Waals surface area contributed by atoms with E-state index in [1.807, 2.05) is 0 Å². The first-order chi connectivity index (χ1) is 7.58. The second-order valence-electron chi connectivity index (χ2n) is 3.52. The molecule has 90 valence electrons. The third-order valence-electron chi connectivity index (χ3n) is 2.14. The molecule has 0 saturated carbocycles. The Balaban J connectivity index is 2.92. The van der Waals surface area contributed by atoms with Crippen molar-refractivity contribution in [3.63, 3.8) is 0 Å². The number of nitrogen functional groups attached to an aromatic ring is 1.